The van der Waals surface area contributed by atoms with Gasteiger partial charge < -0.3 is 9.30 Å². The van der Waals surface area contributed by atoms with Gasteiger partial charge >= 0.3 is 5.97 Å². The minimum atomic E-state index is -3.78. The lowest BCUT2D eigenvalue weighted by Gasteiger charge is -2.07. The molecule has 2 rings (SSSR count). The maximum absolute atomic E-state index is 11.8. The highest BCUT2D eigenvalue weighted by molar-refractivity contribution is 7.99. The number of nitrogens with zero attached hydrogens (tertiary/aromatic N) is 2. The fourth-order valence-electron chi connectivity index (χ4n) is 2.31. The number of aromatic nitrogens is 2. The van der Waals surface area contributed by atoms with Crippen molar-refractivity contribution in [3.05, 3.63) is 18.2 Å². The molecule has 0 unspecified atom stereocenters. The SMILES string of the molecule is CCCCOC(=O)CSc1nc2cc(S(N)(=O)=O)ccc2n1CCC. The molecule has 0 spiro atoms. The maximum atomic E-state index is 11.8. The van der Waals surface area contributed by atoms with Crippen LogP contribution in [0.4, 0.5) is 0 Å². The number of esters is 1. The number of thioether (sulfide) groups is 1. The van der Waals surface area contributed by atoms with Crippen LogP contribution in [-0.4, -0.2) is 36.3 Å². The lowest BCUT2D eigenvalue weighted by molar-refractivity contribution is -0.140. The van der Waals surface area contributed by atoms with Crippen LogP contribution in [0.1, 0.15) is 33.1 Å². The Morgan fingerprint density at radius 2 is 2.08 bits per heavy atom. The van der Waals surface area contributed by atoms with Gasteiger partial charge in [-0.1, -0.05) is 32.0 Å². The summed E-state index contributed by atoms with van der Waals surface area (Å²) in [5, 5.41) is 5.84. The Balaban J connectivity index is 2.23. The number of benzene rings is 1. The molecule has 0 atom stereocenters. The van der Waals surface area contributed by atoms with Crippen LogP contribution >= 0.6 is 11.8 Å². The highest BCUT2D eigenvalue weighted by Gasteiger charge is 2.16. The van der Waals surface area contributed by atoms with E-state index in [9.17, 15) is 13.2 Å². The Hall–Kier alpha value is -1.58. The Kier molecular flexibility index (Phi) is 6.86. The summed E-state index contributed by atoms with van der Waals surface area (Å²) in [5.41, 5.74) is 1.36. The van der Waals surface area contributed by atoms with Gasteiger partial charge in [-0.3, -0.25) is 4.79 Å². The fourth-order valence-corrected chi connectivity index (χ4v) is 3.68. The van der Waals surface area contributed by atoms with Crippen molar-refractivity contribution in [3.63, 3.8) is 0 Å². The maximum Gasteiger partial charge on any atom is 0.316 e. The van der Waals surface area contributed by atoms with Crippen molar-refractivity contribution < 1.29 is 17.9 Å². The van der Waals surface area contributed by atoms with Gasteiger partial charge in [0.05, 0.1) is 28.3 Å². The molecule has 0 saturated carbocycles. The summed E-state index contributed by atoms with van der Waals surface area (Å²) in [4.78, 5) is 16.3. The van der Waals surface area contributed by atoms with Crippen molar-refractivity contribution >= 4 is 38.8 Å². The molecule has 2 aromatic rings. The molecule has 1 heterocycles. The predicted molar refractivity (Wildman–Crippen MR) is 98.0 cm³/mol. The third-order valence-corrected chi connectivity index (χ3v) is 5.40. The number of hydrogen-bond donors (Lipinski definition) is 1. The van der Waals surface area contributed by atoms with Gasteiger partial charge in [0.2, 0.25) is 10.0 Å². The summed E-state index contributed by atoms with van der Waals surface area (Å²) in [7, 11) is -3.78. The van der Waals surface area contributed by atoms with E-state index in [1.54, 1.807) is 6.07 Å². The zero-order valence-electron chi connectivity index (χ0n) is 14.4. The molecule has 0 fully saturated rings. The second kappa shape index (κ2) is 8.68. The van der Waals surface area contributed by atoms with E-state index in [0.29, 0.717) is 17.3 Å². The number of carbonyl (C=O) groups is 1. The number of carbonyl (C=O) groups excluding carboxylic acids is 1. The van der Waals surface area contributed by atoms with Crippen molar-refractivity contribution in [3.8, 4) is 0 Å². The molecule has 9 heteroatoms. The van der Waals surface area contributed by atoms with E-state index in [4.69, 9.17) is 9.88 Å². The van der Waals surface area contributed by atoms with Gasteiger partial charge in [0.15, 0.2) is 5.16 Å². The monoisotopic (exact) mass is 385 g/mol. The van der Waals surface area contributed by atoms with Gasteiger partial charge in [0, 0.05) is 6.54 Å². The topological polar surface area (TPSA) is 104 Å². The second-order valence-electron chi connectivity index (χ2n) is 5.60. The summed E-state index contributed by atoms with van der Waals surface area (Å²) >= 11 is 1.29. The van der Waals surface area contributed by atoms with Crippen LogP contribution in [-0.2, 0) is 26.1 Å². The molecule has 25 heavy (non-hydrogen) atoms. The first kappa shape index (κ1) is 19.7. The number of rotatable bonds is 9. The van der Waals surface area contributed by atoms with Gasteiger partial charge in [0.1, 0.15) is 0 Å². The lowest BCUT2D eigenvalue weighted by atomic mass is 10.3. The average Bonchev–Trinajstić information content (AvgIpc) is 2.90. The predicted octanol–water partition coefficient (Wildman–Crippen LogP) is 2.53. The van der Waals surface area contributed by atoms with E-state index in [-0.39, 0.29) is 16.6 Å². The number of sulfonamides is 1. The van der Waals surface area contributed by atoms with Crippen molar-refractivity contribution in [2.75, 3.05) is 12.4 Å². The second-order valence-corrected chi connectivity index (χ2v) is 8.11. The normalized spacial score (nSPS) is 11.8. The Morgan fingerprint density at radius 3 is 2.72 bits per heavy atom. The van der Waals surface area contributed by atoms with E-state index in [1.165, 1.54) is 23.9 Å². The smallest absolute Gasteiger partial charge is 0.316 e. The molecule has 7 nitrogen and oxygen atoms in total. The first-order valence-electron chi connectivity index (χ1n) is 8.18. The molecule has 0 bridgehead atoms. The van der Waals surface area contributed by atoms with Gasteiger partial charge in [-0.05, 0) is 31.0 Å². The number of hydrogen-bond acceptors (Lipinski definition) is 6. The van der Waals surface area contributed by atoms with Crippen LogP contribution in [0.25, 0.3) is 11.0 Å². The molecule has 0 aliphatic rings. The van der Waals surface area contributed by atoms with Gasteiger partial charge in [0.25, 0.3) is 0 Å². The van der Waals surface area contributed by atoms with Gasteiger partial charge in [-0.15, -0.1) is 0 Å². The van der Waals surface area contributed by atoms with Crippen molar-refractivity contribution in [1.29, 1.82) is 0 Å². The first-order chi connectivity index (χ1) is 11.9. The molecule has 0 saturated heterocycles. The lowest BCUT2D eigenvalue weighted by Crippen LogP contribution is -2.11. The van der Waals surface area contributed by atoms with E-state index >= 15 is 0 Å². The number of fused-ring (bicyclic) bond motifs is 1. The molecule has 1 aromatic heterocycles. The molecule has 0 radical (unpaired) electrons. The highest BCUT2D eigenvalue weighted by atomic mass is 32.2. The third-order valence-electron chi connectivity index (χ3n) is 3.54. The van der Waals surface area contributed by atoms with Crippen molar-refractivity contribution in [1.82, 2.24) is 9.55 Å². The first-order valence-corrected chi connectivity index (χ1v) is 10.7. The van der Waals surface area contributed by atoms with Crippen LogP contribution in [0.2, 0.25) is 0 Å². The standard InChI is InChI=1S/C16H23N3O4S2/c1-3-5-9-23-15(20)11-24-16-18-13-10-12(25(17,21)22)6-7-14(13)19(16)8-4-2/h6-7,10H,3-5,8-9,11H2,1-2H3,(H2,17,21,22). The summed E-state index contributed by atoms with van der Waals surface area (Å²) in [5.74, 6) is -0.113. The molecular formula is C16H23N3O4S2. The molecule has 2 N–H and O–H groups in total. The summed E-state index contributed by atoms with van der Waals surface area (Å²) in [6.07, 6.45) is 2.71. The Bertz CT molecular complexity index is 846. The molecule has 0 aliphatic heterocycles. The molecule has 0 aliphatic carbocycles. The summed E-state index contributed by atoms with van der Waals surface area (Å²) in [6.45, 7) is 5.22. The number of nitrogens with two attached hydrogens (primary N) is 1. The Labute approximate surface area is 152 Å². The van der Waals surface area contributed by atoms with Crippen molar-refractivity contribution in [2.45, 2.75) is 49.7 Å². The summed E-state index contributed by atoms with van der Waals surface area (Å²) < 4.78 is 30.1. The minimum Gasteiger partial charge on any atom is -0.465 e. The van der Waals surface area contributed by atoms with Gasteiger partial charge in [-0.25, -0.2) is 18.5 Å². The van der Waals surface area contributed by atoms with E-state index in [1.807, 2.05) is 18.4 Å². The largest absolute Gasteiger partial charge is 0.465 e. The number of ether oxygens (including phenoxy) is 1. The van der Waals surface area contributed by atoms with Crippen LogP contribution in [0, 0.1) is 0 Å². The number of unbranched alkanes of at least 4 members (excludes halogenated alkanes) is 1. The van der Waals surface area contributed by atoms with E-state index < -0.39 is 10.0 Å². The zero-order chi connectivity index (χ0) is 18.4. The molecule has 138 valence electrons. The minimum absolute atomic E-state index is 0.0247. The molecular weight excluding hydrogens is 362 g/mol. The fraction of sp³-hybridized carbons (Fsp3) is 0.500. The quantitative estimate of drug-likeness (QED) is 0.404. The number of aryl methyl sites for hydroxylation is 1. The van der Waals surface area contributed by atoms with E-state index in [2.05, 4.69) is 4.98 Å². The zero-order valence-corrected chi connectivity index (χ0v) is 16.0. The number of imidazole rings is 1. The summed E-state index contributed by atoms with van der Waals surface area (Å²) in [6, 6.07) is 4.63. The molecule has 1 aromatic carbocycles. The van der Waals surface area contributed by atoms with Crippen molar-refractivity contribution in [2.24, 2.45) is 5.14 Å². The van der Waals surface area contributed by atoms with Crippen LogP contribution in [0.15, 0.2) is 28.3 Å². The van der Waals surface area contributed by atoms with Gasteiger partial charge in [-0.2, -0.15) is 0 Å². The Morgan fingerprint density at radius 1 is 1.32 bits per heavy atom. The molecule has 0 amide bonds. The van der Waals surface area contributed by atoms with Crippen LogP contribution < -0.4 is 5.14 Å². The highest BCUT2D eigenvalue weighted by Crippen LogP contribution is 2.26. The third kappa shape index (κ3) is 5.20. The van der Waals surface area contributed by atoms with E-state index in [0.717, 1.165) is 31.3 Å². The van der Waals surface area contributed by atoms with Crippen LogP contribution in [0.3, 0.4) is 0 Å². The van der Waals surface area contributed by atoms with Crippen LogP contribution in [0.5, 0.6) is 0 Å². The number of primary sulfonamides is 1. The average molecular weight is 386 g/mol.